The fraction of sp³-hybridized carbons (Fsp3) is 0.250. The molecule has 8 heteroatoms. The largest absolute Gasteiger partial charge is 0.489 e. The van der Waals surface area contributed by atoms with Crippen LogP contribution in [0.25, 0.3) is 17.0 Å². The first-order chi connectivity index (χ1) is 15.3. The fourth-order valence-corrected chi connectivity index (χ4v) is 4.78. The molecule has 1 aliphatic heterocycles. The predicted octanol–water partition coefficient (Wildman–Crippen LogP) is 6.31. The Labute approximate surface area is 198 Å². The number of para-hydroxylation sites is 1. The van der Waals surface area contributed by atoms with Crippen molar-refractivity contribution >= 4 is 55.8 Å². The highest BCUT2D eigenvalue weighted by atomic mass is 79.9. The number of amides is 2. The van der Waals surface area contributed by atoms with Crippen LogP contribution < -0.4 is 4.74 Å². The summed E-state index contributed by atoms with van der Waals surface area (Å²) in [5, 5.41) is 0.707. The predicted molar refractivity (Wildman–Crippen MR) is 129 cm³/mol. The number of hydrogen-bond acceptors (Lipinski definition) is 4. The van der Waals surface area contributed by atoms with Crippen LogP contribution in [-0.4, -0.2) is 33.8 Å². The molecule has 0 aliphatic carbocycles. The number of fused-ring (bicyclic) bond motifs is 1. The van der Waals surface area contributed by atoms with Crippen molar-refractivity contribution in [1.82, 2.24) is 9.47 Å². The van der Waals surface area contributed by atoms with Gasteiger partial charge in [0.25, 0.3) is 11.1 Å². The molecule has 0 bridgehead atoms. The molecule has 1 fully saturated rings. The van der Waals surface area contributed by atoms with E-state index in [2.05, 4.69) is 15.9 Å². The van der Waals surface area contributed by atoms with E-state index in [9.17, 15) is 14.0 Å². The van der Waals surface area contributed by atoms with E-state index in [1.54, 1.807) is 24.3 Å². The van der Waals surface area contributed by atoms with Crippen LogP contribution in [0.15, 0.2) is 58.0 Å². The Kier molecular flexibility index (Phi) is 6.71. The summed E-state index contributed by atoms with van der Waals surface area (Å²) in [5.41, 5.74) is 1.79. The Bertz CT molecular complexity index is 1220. The summed E-state index contributed by atoms with van der Waals surface area (Å²) < 4.78 is 22.3. The summed E-state index contributed by atoms with van der Waals surface area (Å²) in [5.74, 6) is -0.236. The fourth-order valence-electron chi connectivity index (χ4n) is 3.58. The van der Waals surface area contributed by atoms with Gasteiger partial charge >= 0.3 is 0 Å². The van der Waals surface area contributed by atoms with E-state index >= 15 is 0 Å². The van der Waals surface area contributed by atoms with Crippen LogP contribution in [0.1, 0.15) is 19.4 Å². The highest BCUT2D eigenvalue weighted by Gasteiger charge is 2.35. The van der Waals surface area contributed by atoms with E-state index in [4.69, 9.17) is 4.74 Å². The van der Waals surface area contributed by atoms with Gasteiger partial charge in [-0.25, -0.2) is 4.39 Å². The Balaban J connectivity index is 1.61. The molecule has 1 aliphatic rings. The Morgan fingerprint density at radius 2 is 1.97 bits per heavy atom. The Hall–Kier alpha value is -2.58. The number of imide groups is 1. The van der Waals surface area contributed by atoms with E-state index in [0.717, 1.165) is 32.7 Å². The first-order valence-corrected chi connectivity index (χ1v) is 11.9. The lowest BCUT2D eigenvalue weighted by atomic mass is 10.1. The third kappa shape index (κ3) is 4.76. The van der Waals surface area contributed by atoms with Gasteiger partial charge in [0.2, 0.25) is 0 Å². The number of carbonyl (C=O) groups excluding carboxylic acids is 2. The van der Waals surface area contributed by atoms with E-state index in [-0.39, 0.29) is 29.4 Å². The number of hydrogen-bond donors (Lipinski definition) is 0. The summed E-state index contributed by atoms with van der Waals surface area (Å²) in [4.78, 5) is 26.8. The molecule has 4 rings (SSSR count). The second kappa shape index (κ2) is 9.50. The lowest BCUT2D eigenvalue weighted by Crippen LogP contribution is -2.31. The summed E-state index contributed by atoms with van der Waals surface area (Å²) in [6.07, 6.45) is 3.70. The standard InChI is InChI=1S/C24H22BrFN2O3S/c1-15(2)13-28-23(29)22(32-24(28)30)11-16-14-27(20-8-7-17(25)12-18(16)20)9-10-31-21-6-4-3-5-19(21)26/h3-8,11-12,14-15H,9-10,13H2,1-2H3/b22-11-. The summed E-state index contributed by atoms with van der Waals surface area (Å²) in [7, 11) is 0. The van der Waals surface area contributed by atoms with E-state index in [1.165, 1.54) is 11.0 Å². The number of benzene rings is 2. The number of nitrogens with zero attached hydrogens (tertiary/aromatic N) is 2. The molecule has 0 N–H and O–H groups in total. The van der Waals surface area contributed by atoms with Gasteiger partial charge in [0.15, 0.2) is 11.6 Å². The van der Waals surface area contributed by atoms with Gasteiger partial charge in [0.05, 0.1) is 11.4 Å². The molecule has 0 atom stereocenters. The number of thioether (sulfide) groups is 1. The minimum atomic E-state index is -0.397. The van der Waals surface area contributed by atoms with Crippen LogP contribution in [0.3, 0.4) is 0 Å². The number of halogens is 2. The monoisotopic (exact) mass is 516 g/mol. The highest BCUT2D eigenvalue weighted by Crippen LogP contribution is 2.35. The normalized spacial score (nSPS) is 15.5. The van der Waals surface area contributed by atoms with Crippen molar-refractivity contribution in [2.24, 2.45) is 5.92 Å². The smallest absolute Gasteiger partial charge is 0.293 e. The zero-order chi connectivity index (χ0) is 22.8. The molecule has 166 valence electrons. The molecule has 0 unspecified atom stereocenters. The molecule has 2 aromatic carbocycles. The number of rotatable bonds is 7. The number of ether oxygens (including phenoxy) is 1. The second-order valence-electron chi connectivity index (χ2n) is 7.90. The van der Waals surface area contributed by atoms with Crippen LogP contribution in [0, 0.1) is 11.7 Å². The lowest BCUT2D eigenvalue weighted by molar-refractivity contribution is -0.123. The molecular formula is C24H22BrFN2O3S. The van der Waals surface area contributed by atoms with Crippen molar-refractivity contribution < 1.29 is 18.7 Å². The highest BCUT2D eigenvalue weighted by molar-refractivity contribution is 9.10. The third-order valence-corrected chi connectivity index (χ3v) is 6.41. The number of carbonyl (C=O) groups is 2. The van der Waals surface area contributed by atoms with Crippen molar-refractivity contribution in [1.29, 1.82) is 0 Å². The molecule has 0 saturated carbocycles. The Morgan fingerprint density at radius 3 is 2.72 bits per heavy atom. The van der Waals surface area contributed by atoms with Crippen molar-refractivity contribution in [3.63, 3.8) is 0 Å². The lowest BCUT2D eigenvalue weighted by Gasteiger charge is -2.14. The van der Waals surface area contributed by atoms with Crippen molar-refractivity contribution in [3.8, 4) is 5.75 Å². The van der Waals surface area contributed by atoms with Crippen LogP contribution in [0.5, 0.6) is 5.75 Å². The molecule has 2 amide bonds. The van der Waals surface area contributed by atoms with Gasteiger partial charge < -0.3 is 9.30 Å². The van der Waals surface area contributed by atoms with Crippen LogP contribution in [-0.2, 0) is 11.3 Å². The molecule has 0 radical (unpaired) electrons. The van der Waals surface area contributed by atoms with Gasteiger partial charge in [-0.3, -0.25) is 14.5 Å². The first kappa shape index (κ1) is 22.6. The van der Waals surface area contributed by atoms with Gasteiger partial charge in [-0.05, 0) is 54.1 Å². The maximum atomic E-state index is 13.8. The van der Waals surface area contributed by atoms with E-state index in [0.29, 0.717) is 18.0 Å². The molecule has 1 aromatic heterocycles. The second-order valence-corrected chi connectivity index (χ2v) is 9.81. The maximum absolute atomic E-state index is 13.8. The van der Waals surface area contributed by atoms with Gasteiger partial charge in [-0.15, -0.1) is 0 Å². The third-order valence-electron chi connectivity index (χ3n) is 5.01. The molecule has 32 heavy (non-hydrogen) atoms. The van der Waals surface area contributed by atoms with Crippen molar-refractivity contribution in [2.45, 2.75) is 20.4 Å². The zero-order valence-electron chi connectivity index (χ0n) is 17.7. The van der Waals surface area contributed by atoms with Crippen LogP contribution >= 0.6 is 27.7 Å². The minimum Gasteiger partial charge on any atom is -0.489 e. The zero-order valence-corrected chi connectivity index (χ0v) is 20.1. The minimum absolute atomic E-state index is 0.204. The molecule has 3 aromatic rings. The summed E-state index contributed by atoms with van der Waals surface area (Å²) >= 11 is 4.48. The molecule has 2 heterocycles. The van der Waals surface area contributed by atoms with Gasteiger partial charge in [0.1, 0.15) is 6.61 Å². The van der Waals surface area contributed by atoms with Crippen molar-refractivity contribution in [2.75, 3.05) is 13.2 Å². The average molecular weight is 517 g/mol. The first-order valence-electron chi connectivity index (χ1n) is 10.2. The SMILES string of the molecule is CC(C)CN1C(=O)S/C(=C\c2cn(CCOc3ccccc3F)c3ccc(Br)cc23)C1=O. The average Bonchev–Trinajstić information content (AvgIpc) is 3.21. The number of aromatic nitrogens is 1. The van der Waals surface area contributed by atoms with E-state index < -0.39 is 5.82 Å². The Morgan fingerprint density at radius 1 is 1.19 bits per heavy atom. The molecular weight excluding hydrogens is 495 g/mol. The summed E-state index contributed by atoms with van der Waals surface area (Å²) in [6, 6.07) is 12.2. The van der Waals surface area contributed by atoms with Gasteiger partial charge in [-0.2, -0.15) is 0 Å². The van der Waals surface area contributed by atoms with Crippen molar-refractivity contribution in [3.05, 3.63) is 69.4 Å². The van der Waals surface area contributed by atoms with Gasteiger partial charge in [-0.1, -0.05) is 41.9 Å². The maximum Gasteiger partial charge on any atom is 0.293 e. The molecule has 1 saturated heterocycles. The molecule has 5 nitrogen and oxygen atoms in total. The van der Waals surface area contributed by atoms with E-state index in [1.807, 2.05) is 42.8 Å². The van der Waals surface area contributed by atoms with Gasteiger partial charge in [0, 0.05) is 33.7 Å². The van der Waals surface area contributed by atoms with Crippen LogP contribution in [0.4, 0.5) is 9.18 Å². The quantitative estimate of drug-likeness (QED) is 0.345. The van der Waals surface area contributed by atoms with Crippen LogP contribution in [0.2, 0.25) is 0 Å². The molecule has 0 spiro atoms. The summed E-state index contributed by atoms with van der Waals surface area (Å²) in [6.45, 7) is 5.13. The topological polar surface area (TPSA) is 51.5 Å².